The summed E-state index contributed by atoms with van der Waals surface area (Å²) in [5.41, 5.74) is 0.328. The lowest BCUT2D eigenvalue weighted by Crippen LogP contribution is -2.34. The molecule has 0 bridgehead atoms. The second-order valence-corrected chi connectivity index (χ2v) is 4.88. The smallest absolute Gasteiger partial charge is 0.270 e. The number of rotatable bonds is 6. The van der Waals surface area contributed by atoms with Crippen molar-refractivity contribution in [1.82, 2.24) is 5.32 Å². The summed E-state index contributed by atoms with van der Waals surface area (Å²) >= 11 is 3.18. The first-order valence-corrected chi connectivity index (χ1v) is 6.64. The van der Waals surface area contributed by atoms with Crippen molar-refractivity contribution in [3.63, 3.8) is 0 Å². The summed E-state index contributed by atoms with van der Waals surface area (Å²) in [7, 11) is 0. The lowest BCUT2D eigenvalue weighted by Gasteiger charge is -2.15. The van der Waals surface area contributed by atoms with E-state index in [0.717, 1.165) is 6.42 Å². The summed E-state index contributed by atoms with van der Waals surface area (Å²) in [5.74, 6) is -0.254. The number of amides is 1. The summed E-state index contributed by atoms with van der Waals surface area (Å²) in [6.45, 7) is 5.61. The third-order valence-corrected chi connectivity index (χ3v) is 3.34. The van der Waals surface area contributed by atoms with Crippen LogP contribution in [0.1, 0.15) is 30.1 Å². The number of carbonyl (C=O) groups is 1. The number of halogens is 1. The van der Waals surface area contributed by atoms with Crippen molar-refractivity contribution in [2.45, 2.75) is 25.8 Å². The van der Waals surface area contributed by atoms with Gasteiger partial charge in [-0.1, -0.05) is 13.0 Å². The van der Waals surface area contributed by atoms with Crippen LogP contribution in [-0.2, 0) is 0 Å². The van der Waals surface area contributed by atoms with Crippen LogP contribution >= 0.6 is 15.9 Å². The molecule has 0 spiro atoms. The Morgan fingerprint density at radius 2 is 2.32 bits per heavy atom. The van der Waals surface area contributed by atoms with Gasteiger partial charge in [-0.3, -0.25) is 14.9 Å². The molecule has 5 nitrogen and oxygen atoms in total. The summed E-state index contributed by atoms with van der Waals surface area (Å²) < 4.78 is 0.410. The van der Waals surface area contributed by atoms with Crippen LogP contribution in [0, 0.1) is 10.1 Å². The molecular weight excluding hydrogens is 312 g/mol. The summed E-state index contributed by atoms with van der Waals surface area (Å²) in [5, 5.41) is 13.5. The molecule has 1 rings (SSSR count). The Labute approximate surface area is 120 Å². The van der Waals surface area contributed by atoms with E-state index in [1.165, 1.54) is 18.2 Å². The van der Waals surface area contributed by atoms with Crippen molar-refractivity contribution >= 4 is 27.5 Å². The molecule has 102 valence electrons. The van der Waals surface area contributed by atoms with Crippen LogP contribution in [0.2, 0.25) is 0 Å². The van der Waals surface area contributed by atoms with Crippen molar-refractivity contribution in [3.05, 3.63) is 51.0 Å². The van der Waals surface area contributed by atoms with Crippen molar-refractivity contribution in [1.29, 1.82) is 0 Å². The van der Waals surface area contributed by atoms with Gasteiger partial charge in [0.2, 0.25) is 0 Å². The Morgan fingerprint density at radius 3 is 2.79 bits per heavy atom. The molecule has 19 heavy (non-hydrogen) atoms. The quantitative estimate of drug-likeness (QED) is 0.494. The molecule has 0 aliphatic rings. The van der Waals surface area contributed by atoms with Gasteiger partial charge in [-0.2, -0.15) is 0 Å². The van der Waals surface area contributed by atoms with E-state index in [1.54, 1.807) is 6.08 Å². The standard InChI is InChI=1S/C13H15BrN2O3/c1-3-5-9(4-2)15-13(17)11-7-6-10(16(18)19)8-12(11)14/h3,6-9H,1,4-5H2,2H3,(H,15,17). The Balaban J connectivity index is 2.88. The Morgan fingerprint density at radius 1 is 1.63 bits per heavy atom. The van der Waals surface area contributed by atoms with Crippen molar-refractivity contribution in [2.24, 2.45) is 0 Å². The minimum Gasteiger partial charge on any atom is -0.349 e. The number of non-ortho nitro benzene ring substituents is 1. The van der Waals surface area contributed by atoms with Crippen LogP contribution in [0.4, 0.5) is 5.69 Å². The number of carbonyl (C=O) groups excluding carboxylic acids is 1. The zero-order valence-corrected chi connectivity index (χ0v) is 12.1. The lowest BCUT2D eigenvalue weighted by molar-refractivity contribution is -0.384. The molecule has 0 saturated heterocycles. The molecule has 1 aromatic rings. The SMILES string of the molecule is C=CCC(CC)NC(=O)c1ccc([N+](=O)[O-])cc1Br. The topological polar surface area (TPSA) is 72.2 Å². The van der Waals surface area contributed by atoms with Gasteiger partial charge >= 0.3 is 0 Å². The van der Waals surface area contributed by atoms with Crippen LogP contribution in [0.5, 0.6) is 0 Å². The summed E-state index contributed by atoms with van der Waals surface area (Å²) in [4.78, 5) is 22.2. The van der Waals surface area contributed by atoms with Crippen molar-refractivity contribution < 1.29 is 9.72 Å². The lowest BCUT2D eigenvalue weighted by atomic mass is 10.1. The van der Waals surface area contributed by atoms with E-state index in [9.17, 15) is 14.9 Å². The second kappa shape index (κ2) is 7.04. The predicted octanol–water partition coefficient (Wildman–Crippen LogP) is 3.44. The van der Waals surface area contributed by atoms with Crippen LogP contribution in [0.3, 0.4) is 0 Å². The first kappa shape index (κ1) is 15.4. The number of benzene rings is 1. The fraction of sp³-hybridized carbons (Fsp3) is 0.308. The van der Waals surface area contributed by atoms with E-state index in [0.29, 0.717) is 16.5 Å². The normalized spacial score (nSPS) is 11.7. The number of nitrogens with zero attached hydrogens (tertiary/aromatic N) is 1. The van der Waals surface area contributed by atoms with Gasteiger partial charge < -0.3 is 5.32 Å². The first-order valence-electron chi connectivity index (χ1n) is 5.85. The molecule has 0 fully saturated rings. The molecule has 1 aromatic carbocycles. The van der Waals surface area contributed by atoms with Gasteiger partial charge in [0.15, 0.2) is 0 Å². The van der Waals surface area contributed by atoms with Gasteiger partial charge in [0.05, 0.1) is 10.5 Å². The molecule has 0 aromatic heterocycles. The van der Waals surface area contributed by atoms with E-state index in [2.05, 4.69) is 27.8 Å². The molecule has 1 amide bonds. The molecule has 1 atom stereocenters. The molecule has 1 unspecified atom stereocenters. The van der Waals surface area contributed by atoms with Crippen LogP contribution in [0.15, 0.2) is 35.3 Å². The van der Waals surface area contributed by atoms with Gasteiger partial charge in [-0.25, -0.2) is 0 Å². The molecule has 0 aliphatic heterocycles. The van der Waals surface area contributed by atoms with Crippen LogP contribution in [0.25, 0.3) is 0 Å². The van der Waals surface area contributed by atoms with Gasteiger partial charge in [-0.15, -0.1) is 6.58 Å². The minimum atomic E-state index is -0.501. The second-order valence-electron chi connectivity index (χ2n) is 4.02. The Kier molecular flexibility index (Phi) is 5.69. The van der Waals surface area contributed by atoms with Crippen LogP contribution in [-0.4, -0.2) is 16.9 Å². The van der Waals surface area contributed by atoms with Gasteiger partial charge in [0, 0.05) is 22.6 Å². The van der Waals surface area contributed by atoms with Crippen LogP contribution < -0.4 is 5.32 Å². The van der Waals surface area contributed by atoms with Gasteiger partial charge in [0.1, 0.15) is 0 Å². The average molecular weight is 327 g/mol. The van der Waals surface area contributed by atoms with E-state index in [4.69, 9.17) is 0 Å². The molecule has 0 aliphatic carbocycles. The van der Waals surface area contributed by atoms with Crippen molar-refractivity contribution in [3.8, 4) is 0 Å². The summed E-state index contributed by atoms with van der Waals surface area (Å²) in [6, 6.07) is 4.10. The number of nitro benzene ring substituents is 1. The van der Waals surface area contributed by atoms with E-state index >= 15 is 0 Å². The predicted molar refractivity (Wildman–Crippen MR) is 77.2 cm³/mol. The van der Waals surface area contributed by atoms with E-state index in [-0.39, 0.29) is 17.6 Å². The largest absolute Gasteiger partial charge is 0.349 e. The highest BCUT2D eigenvalue weighted by molar-refractivity contribution is 9.10. The molecule has 0 saturated carbocycles. The highest BCUT2D eigenvalue weighted by Gasteiger charge is 2.16. The Bertz CT molecular complexity index is 503. The monoisotopic (exact) mass is 326 g/mol. The first-order chi connectivity index (χ1) is 8.99. The number of nitrogens with one attached hydrogen (secondary N) is 1. The fourth-order valence-corrected chi connectivity index (χ4v) is 2.14. The molecule has 0 radical (unpaired) electrons. The zero-order valence-electron chi connectivity index (χ0n) is 10.6. The maximum Gasteiger partial charge on any atom is 0.270 e. The highest BCUT2D eigenvalue weighted by atomic mass is 79.9. The van der Waals surface area contributed by atoms with Gasteiger partial charge in [-0.05, 0) is 34.8 Å². The third kappa shape index (κ3) is 4.17. The number of hydrogen-bond donors (Lipinski definition) is 1. The maximum atomic E-state index is 12.0. The zero-order chi connectivity index (χ0) is 14.4. The third-order valence-electron chi connectivity index (χ3n) is 2.69. The van der Waals surface area contributed by atoms with E-state index in [1.807, 2.05) is 6.92 Å². The minimum absolute atomic E-state index is 0.0205. The van der Waals surface area contributed by atoms with Gasteiger partial charge in [0.25, 0.3) is 11.6 Å². The number of nitro groups is 1. The molecule has 0 heterocycles. The molecule has 6 heteroatoms. The maximum absolute atomic E-state index is 12.0. The average Bonchev–Trinajstić information content (AvgIpc) is 2.37. The number of hydrogen-bond acceptors (Lipinski definition) is 3. The summed E-state index contributed by atoms with van der Waals surface area (Å²) in [6.07, 6.45) is 3.23. The highest BCUT2D eigenvalue weighted by Crippen LogP contribution is 2.23. The van der Waals surface area contributed by atoms with Crippen molar-refractivity contribution in [2.75, 3.05) is 0 Å². The fourth-order valence-electron chi connectivity index (χ4n) is 1.59. The Hall–Kier alpha value is -1.69. The molecular formula is C13H15BrN2O3. The molecule has 1 N–H and O–H groups in total. The van der Waals surface area contributed by atoms with E-state index < -0.39 is 4.92 Å².